The molecule has 1 atom stereocenters. The van der Waals surface area contributed by atoms with Crippen LogP contribution in [0.15, 0.2) is 18.2 Å². The zero-order valence-electron chi connectivity index (χ0n) is 8.97. The SMILES string of the molecule is CCC(N)CNC(=O)c1ccc(Cl)c(Cl)c1. The molecule has 0 heterocycles. The van der Waals surface area contributed by atoms with Crippen LogP contribution in [0.4, 0.5) is 0 Å². The number of benzene rings is 1. The van der Waals surface area contributed by atoms with Gasteiger partial charge in [-0.15, -0.1) is 0 Å². The first kappa shape index (κ1) is 13.3. The normalized spacial score (nSPS) is 12.2. The fourth-order valence-corrected chi connectivity index (χ4v) is 1.41. The molecule has 1 rings (SSSR count). The van der Waals surface area contributed by atoms with Crippen molar-refractivity contribution in [2.45, 2.75) is 19.4 Å². The average Bonchev–Trinajstić information content (AvgIpc) is 2.29. The topological polar surface area (TPSA) is 55.1 Å². The van der Waals surface area contributed by atoms with Crippen molar-refractivity contribution in [3.63, 3.8) is 0 Å². The largest absolute Gasteiger partial charge is 0.350 e. The van der Waals surface area contributed by atoms with Crippen molar-refractivity contribution in [3.05, 3.63) is 33.8 Å². The Kier molecular flexibility index (Phi) is 5.06. The van der Waals surface area contributed by atoms with Gasteiger partial charge in [0.25, 0.3) is 5.91 Å². The Morgan fingerprint density at radius 1 is 1.44 bits per heavy atom. The number of hydrogen-bond acceptors (Lipinski definition) is 2. The summed E-state index contributed by atoms with van der Waals surface area (Å²) in [6, 6.07) is 4.74. The smallest absolute Gasteiger partial charge is 0.251 e. The molecule has 1 aromatic rings. The van der Waals surface area contributed by atoms with E-state index < -0.39 is 0 Å². The highest BCUT2D eigenvalue weighted by molar-refractivity contribution is 6.42. The van der Waals surface area contributed by atoms with E-state index in [-0.39, 0.29) is 11.9 Å². The van der Waals surface area contributed by atoms with Crippen molar-refractivity contribution < 1.29 is 4.79 Å². The van der Waals surface area contributed by atoms with Crippen LogP contribution in [0.1, 0.15) is 23.7 Å². The number of carbonyl (C=O) groups excluding carboxylic acids is 1. The summed E-state index contributed by atoms with van der Waals surface area (Å²) < 4.78 is 0. The first-order chi connectivity index (χ1) is 7.54. The van der Waals surface area contributed by atoms with Gasteiger partial charge in [-0.05, 0) is 24.6 Å². The first-order valence-corrected chi connectivity index (χ1v) is 5.79. The molecule has 0 aliphatic carbocycles. The Morgan fingerprint density at radius 3 is 2.69 bits per heavy atom. The molecule has 3 nitrogen and oxygen atoms in total. The Balaban J connectivity index is 2.63. The Bertz CT molecular complexity index is 382. The minimum atomic E-state index is -0.192. The maximum absolute atomic E-state index is 11.7. The average molecular weight is 261 g/mol. The van der Waals surface area contributed by atoms with Gasteiger partial charge >= 0.3 is 0 Å². The third kappa shape index (κ3) is 3.67. The molecule has 5 heteroatoms. The highest BCUT2D eigenvalue weighted by Crippen LogP contribution is 2.22. The lowest BCUT2D eigenvalue weighted by Crippen LogP contribution is -2.36. The van der Waals surface area contributed by atoms with Crippen molar-refractivity contribution in [1.82, 2.24) is 5.32 Å². The molecular formula is C11H14Cl2N2O. The summed E-state index contributed by atoms with van der Waals surface area (Å²) in [5, 5.41) is 3.53. The molecule has 0 aromatic heterocycles. The molecule has 1 amide bonds. The third-order valence-corrected chi connectivity index (χ3v) is 2.97. The maximum atomic E-state index is 11.7. The maximum Gasteiger partial charge on any atom is 0.251 e. The Hall–Kier alpha value is -0.770. The molecule has 3 N–H and O–H groups in total. The molecule has 0 bridgehead atoms. The highest BCUT2D eigenvalue weighted by atomic mass is 35.5. The van der Waals surface area contributed by atoms with Crippen molar-refractivity contribution in [2.75, 3.05) is 6.54 Å². The van der Waals surface area contributed by atoms with Crippen LogP contribution in [0.3, 0.4) is 0 Å². The summed E-state index contributed by atoms with van der Waals surface area (Å²) in [6.07, 6.45) is 0.821. The second kappa shape index (κ2) is 6.09. The van der Waals surface area contributed by atoms with Gasteiger partial charge in [0, 0.05) is 18.2 Å². The van der Waals surface area contributed by atoms with E-state index in [0.29, 0.717) is 22.2 Å². The predicted molar refractivity (Wildman–Crippen MR) is 67.1 cm³/mol. The first-order valence-electron chi connectivity index (χ1n) is 5.03. The van der Waals surface area contributed by atoms with E-state index in [1.165, 1.54) is 6.07 Å². The van der Waals surface area contributed by atoms with Gasteiger partial charge in [0.05, 0.1) is 10.0 Å². The molecule has 16 heavy (non-hydrogen) atoms. The van der Waals surface area contributed by atoms with E-state index in [9.17, 15) is 4.79 Å². The van der Waals surface area contributed by atoms with Gasteiger partial charge in [-0.2, -0.15) is 0 Å². The van der Waals surface area contributed by atoms with Crippen LogP contribution in [0.5, 0.6) is 0 Å². The second-order valence-corrected chi connectivity index (χ2v) is 4.32. The fourth-order valence-electron chi connectivity index (χ4n) is 1.11. The summed E-state index contributed by atoms with van der Waals surface area (Å²) >= 11 is 11.6. The Labute approximate surface area is 105 Å². The molecule has 0 spiro atoms. The van der Waals surface area contributed by atoms with Gasteiger partial charge in [-0.25, -0.2) is 0 Å². The third-order valence-electron chi connectivity index (χ3n) is 2.23. The number of halogens is 2. The van der Waals surface area contributed by atoms with Gasteiger partial charge in [-0.1, -0.05) is 30.1 Å². The zero-order valence-corrected chi connectivity index (χ0v) is 10.5. The van der Waals surface area contributed by atoms with Gasteiger partial charge in [0.15, 0.2) is 0 Å². The highest BCUT2D eigenvalue weighted by Gasteiger charge is 2.08. The lowest BCUT2D eigenvalue weighted by Gasteiger charge is -2.10. The molecule has 0 saturated heterocycles. The molecule has 0 fully saturated rings. The summed E-state index contributed by atoms with van der Waals surface area (Å²) in [4.78, 5) is 11.7. The fraction of sp³-hybridized carbons (Fsp3) is 0.364. The van der Waals surface area contributed by atoms with E-state index in [1.807, 2.05) is 6.92 Å². The van der Waals surface area contributed by atoms with Gasteiger partial charge in [0.2, 0.25) is 0 Å². The van der Waals surface area contributed by atoms with Crippen LogP contribution in [0, 0.1) is 0 Å². The van der Waals surface area contributed by atoms with E-state index in [0.717, 1.165) is 6.42 Å². The minimum absolute atomic E-state index is 0.0216. The van der Waals surface area contributed by atoms with Crippen molar-refractivity contribution in [3.8, 4) is 0 Å². The number of nitrogens with one attached hydrogen (secondary N) is 1. The van der Waals surface area contributed by atoms with E-state index in [2.05, 4.69) is 5.32 Å². The number of amides is 1. The lowest BCUT2D eigenvalue weighted by molar-refractivity contribution is 0.0951. The van der Waals surface area contributed by atoms with Gasteiger partial charge in [-0.3, -0.25) is 4.79 Å². The number of nitrogens with two attached hydrogens (primary N) is 1. The minimum Gasteiger partial charge on any atom is -0.350 e. The van der Waals surface area contributed by atoms with Crippen LogP contribution in [-0.4, -0.2) is 18.5 Å². The van der Waals surface area contributed by atoms with Crippen molar-refractivity contribution >= 4 is 29.1 Å². The molecular weight excluding hydrogens is 247 g/mol. The standard InChI is InChI=1S/C11H14Cl2N2O/c1-2-8(14)6-15-11(16)7-3-4-9(12)10(13)5-7/h3-5,8H,2,6,14H2,1H3,(H,15,16). The van der Waals surface area contributed by atoms with Gasteiger partial charge in [0.1, 0.15) is 0 Å². The van der Waals surface area contributed by atoms with Crippen LogP contribution < -0.4 is 11.1 Å². The van der Waals surface area contributed by atoms with Crippen molar-refractivity contribution in [2.24, 2.45) is 5.73 Å². The summed E-state index contributed by atoms with van der Waals surface area (Å²) in [5.41, 5.74) is 6.18. The molecule has 1 unspecified atom stereocenters. The van der Waals surface area contributed by atoms with Gasteiger partial charge < -0.3 is 11.1 Å². The van der Waals surface area contributed by atoms with E-state index in [1.54, 1.807) is 12.1 Å². The Morgan fingerprint density at radius 2 is 2.12 bits per heavy atom. The quantitative estimate of drug-likeness (QED) is 0.874. The molecule has 0 radical (unpaired) electrons. The van der Waals surface area contributed by atoms with Crippen LogP contribution in [0.25, 0.3) is 0 Å². The van der Waals surface area contributed by atoms with E-state index in [4.69, 9.17) is 28.9 Å². The lowest BCUT2D eigenvalue weighted by atomic mass is 10.2. The number of rotatable bonds is 4. The molecule has 0 saturated carbocycles. The molecule has 1 aromatic carbocycles. The van der Waals surface area contributed by atoms with Crippen LogP contribution in [-0.2, 0) is 0 Å². The molecule has 0 aliphatic heterocycles. The number of carbonyl (C=O) groups is 1. The van der Waals surface area contributed by atoms with Crippen LogP contribution in [0.2, 0.25) is 10.0 Å². The second-order valence-electron chi connectivity index (χ2n) is 3.51. The summed E-state index contributed by atoms with van der Waals surface area (Å²) in [7, 11) is 0. The van der Waals surface area contributed by atoms with Crippen molar-refractivity contribution in [1.29, 1.82) is 0 Å². The number of hydrogen-bond donors (Lipinski definition) is 2. The monoisotopic (exact) mass is 260 g/mol. The molecule has 88 valence electrons. The molecule has 0 aliphatic rings. The van der Waals surface area contributed by atoms with Crippen LogP contribution >= 0.6 is 23.2 Å². The predicted octanol–water partition coefficient (Wildman–Crippen LogP) is 2.46. The summed E-state index contributed by atoms with van der Waals surface area (Å²) in [6.45, 7) is 2.42. The van der Waals surface area contributed by atoms with E-state index >= 15 is 0 Å². The summed E-state index contributed by atoms with van der Waals surface area (Å²) in [5.74, 6) is -0.192. The zero-order chi connectivity index (χ0) is 12.1.